The van der Waals surface area contributed by atoms with Crippen LogP contribution in [-0.4, -0.2) is 51.6 Å². The topological polar surface area (TPSA) is 98.0 Å². The molecular weight excluding hydrogens is 152 g/mol. The number of hydrogen-bond donors (Lipinski definition) is 4. The third-order valence-electron chi connectivity index (χ3n) is 1.31. The van der Waals surface area contributed by atoms with Crippen molar-refractivity contribution in [1.82, 2.24) is 0 Å². The molecule has 0 fully saturated rings. The second-order valence-electron chi connectivity index (χ2n) is 2.20. The number of carbonyl (C=O) groups excluding carboxylic acids is 1. The number of aliphatic hydroxyl groups excluding tert-OH is 4. The summed E-state index contributed by atoms with van der Waals surface area (Å²) in [6.07, 6.45) is -4.30. The lowest BCUT2D eigenvalue weighted by Gasteiger charge is -2.17. The lowest BCUT2D eigenvalue weighted by Crippen LogP contribution is -2.38. The zero-order chi connectivity index (χ0) is 8.85. The fourth-order valence-electron chi connectivity index (χ4n) is 0.611. The van der Waals surface area contributed by atoms with E-state index in [1.54, 1.807) is 0 Å². The van der Waals surface area contributed by atoms with Crippen LogP contribution in [-0.2, 0) is 4.79 Å². The van der Waals surface area contributed by atoms with Crippen LogP contribution >= 0.6 is 0 Å². The monoisotopic (exact) mass is 164 g/mol. The lowest BCUT2D eigenvalue weighted by atomic mass is 10.1. The van der Waals surface area contributed by atoms with Crippen molar-refractivity contribution in [3.8, 4) is 0 Å². The van der Waals surface area contributed by atoms with E-state index in [1.807, 2.05) is 0 Å². The summed E-state index contributed by atoms with van der Waals surface area (Å²) in [6.45, 7) is -0.302. The number of aldehydes is 1. The standard InChI is InChI=1S/C6H12O5/c7-2-1-4(9)6(11)5(10)3-8/h3-7,9-11H,1-2H2/t4-,5+,6-/m0/s1. The van der Waals surface area contributed by atoms with Gasteiger partial charge in [-0.1, -0.05) is 0 Å². The average Bonchev–Trinajstić information content (AvgIpc) is 2.02. The Morgan fingerprint density at radius 2 is 1.82 bits per heavy atom. The van der Waals surface area contributed by atoms with Gasteiger partial charge < -0.3 is 25.2 Å². The highest BCUT2D eigenvalue weighted by molar-refractivity contribution is 5.56. The Hall–Kier alpha value is -0.490. The van der Waals surface area contributed by atoms with E-state index >= 15 is 0 Å². The molecule has 4 N–H and O–H groups in total. The summed E-state index contributed by atoms with van der Waals surface area (Å²) in [4.78, 5) is 9.87. The van der Waals surface area contributed by atoms with Crippen molar-refractivity contribution in [3.05, 3.63) is 0 Å². The predicted octanol–water partition coefficient (Wildman–Crippen LogP) is -2.35. The van der Waals surface area contributed by atoms with Crippen LogP contribution in [0.15, 0.2) is 0 Å². The molecule has 0 bridgehead atoms. The van der Waals surface area contributed by atoms with Crippen molar-refractivity contribution in [2.24, 2.45) is 0 Å². The second-order valence-corrected chi connectivity index (χ2v) is 2.20. The Kier molecular flexibility index (Phi) is 4.97. The predicted molar refractivity (Wildman–Crippen MR) is 35.8 cm³/mol. The lowest BCUT2D eigenvalue weighted by molar-refractivity contribution is -0.126. The van der Waals surface area contributed by atoms with Gasteiger partial charge >= 0.3 is 0 Å². The third kappa shape index (κ3) is 3.43. The Morgan fingerprint density at radius 1 is 1.27 bits per heavy atom. The van der Waals surface area contributed by atoms with Gasteiger partial charge in [-0.25, -0.2) is 0 Å². The van der Waals surface area contributed by atoms with E-state index in [9.17, 15) is 4.79 Å². The van der Waals surface area contributed by atoms with Crippen LogP contribution in [0.3, 0.4) is 0 Å². The summed E-state index contributed by atoms with van der Waals surface area (Å²) in [5, 5.41) is 34.7. The first-order valence-electron chi connectivity index (χ1n) is 3.23. The molecule has 0 aromatic heterocycles. The van der Waals surface area contributed by atoms with Crippen LogP contribution < -0.4 is 0 Å². The molecule has 0 saturated carbocycles. The molecule has 0 saturated heterocycles. The first-order valence-corrected chi connectivity index (χ1v) is 3.23. The molecule has 0 heterocycles. The summed E-state index contributed by atoms with van der Waals surface area (Å²) in [5.74, 6) is 0. The van der Waals surface area contributed by atoms with Crippen molar-refractivity contribution < 1.29 is 25.2 Å². The SMILES string of the molecule is O=C[C@@H](O)[C@@H](O)[C@@H](O)CCO. The first kappa shape index (κ1) is 10.5. The summed E-state index contributed by atoms with van der Waals surface area (Å²) in [7, 11) is 0. The number of carbonyl (C=O) groups is 1. The van der Waals surface area contributed by atoms with Crippen molar-refractivity contribution >= 4 is 6.29 Å². The maximum atomic E-state index is 9.87. The molecular formula is C6H12O5. The number of aliphatic hydroxyl groups is 4. The van der Waals surface area contributed by atoms with E-state index in [1.165, 1.54) is 0 Å². The van der Waals surface area contributed by atoms with Gasteiger partial charge in [0, 0.05) is 6.61 Å². The smallest absolute Gasteiger partial charge is 0.151 e. The molecule has 5 heteroatoms. The van der Waals surface area contributed by atoms with E-state index in [4.69, 9.17) is 20.4 Å². The quantitative estimate of drug-likeness (QED) is 0.341. The summed E-state index contributed by atoms with van der Waals surface area (Å²) in [6, 6.07) is 0. The zero-order valence-corrected chi connectivity index (χ0v) is 5.92. The zero-order valence-electron chi connectivity index (χ0n) is 5.92. The highest BCUT2D eigenvalue weighted by Crippen LogP contribution is 2.01. The molecule has 0 radical (unpaired) electrons. The number of hydrogen-bond acceptors (Lipinski definition) is 5. The van der Waals surface area contributed by atoms with Gasteiger partial charge in [0.15, 0.2) is 6.29 Å². The molecule has 0 spiro atoms. The molecule has 0 amide bonds. The summed E-state index contributed by atoms with van der Waals surface area (Å²) < 4.78 is 0. The van der Waals surface area contributed by atoms with E-state index in [-0.39, 0.29) is 19.3 Å². The van der Waals surface area contributed by atoms with Crippen molar-refractivity contribution in [2.75, 3.05) is 6.61 Å². The van der Waals surface area contributed by atoms with Gasteiger partial charge in [0.2, 0.25) is 0 Å². The van der Waals surface area contributed by atoms with Gasteiger partial charge in [0.05, 0.1) is 6.10 Å². The fourth-order valence-corrected chi connectivity index (χ4v) is 0.611. The van der Waals surface area contributed by atoms with Crippen LogP contribution in [0.25, 0.3) is 0 Å². The second kappa shape index (κ2) is 5.20. The molecule has 0 aliphatic heterocycles. The van der Waals surface area contributed by atoms with Gasteiger partial charge in [0.25, 0.3) is 0 Å². The molecule has 0 aromatic carbocycles. The molecule has 0 unspecified atom stereocenters. The maximum Gasteiger partial charge on any atom is 0.151 e. The molecule has 0 aliphatic rings. The van der Waals surface area contributed by atoms with Gasteiger partial charge in [-0.05, 0) is 6.42 Å². The normalized spacial score (nSPS) is 18.9. The summed E-state index contributed by atoms with van der Waals surface area (Å²) in [5.41, 5.74) is 0. The highest BCUT2D eigenvalue weighted by Gasteiger charge is 2.23. The van der Waals surface area contributed by atoms with Gasteiger partial charge in [-0.15, -0.1) is 0 Å². The van der Waals surface area contributed by atoms with Gasteiger partial charge in [-0.2, -0.15) is 0 Å². The van der Waals surface area contributed by atoms with E-state index in [0.29, 0.717) is 0 Å². The molecule has 3 atom stereocenters. The Morgan fingerprint density at radius 3 is 2.18 bits per heavy atom. The van der Waals surface area contributed by atoms with Crippen LogP contribution in [0.2, 0.25) is 0 Å². The van der Waals surface area contributed by atoms with Gasteiger partial charge in [0.1, 0.15) is 12.2 Å². The Bertz CT molecular complexity index is 116. The molecule has 0 rings (SSSR count). The minimum atomic E-state index is -1.59. The average molecular weight is 164 g/mol. The van der Waals surface area contributed by atoms with E-state index < -0.39 is 18.3 Å². The molecule has 5 nitrogen and oxygen atoms in total. The van der Waals surface area contributed by atoms with Crippen molar-refractivity contribution in [2.45, 2.75) is 24.7 Å². The Labute approximate surface area is 63.9 Å². The van der Waals surface area contributed by atoms with Crippen LogP contribution in [0.1, 0.15) is 6.42 Å². The van der Waals surface area contributed by atoms with E-state index in [0.717, 1.165) is 0 Å². The van der Waals surface area contributed by atoms with Crippen LogP contribution in [0.4, 0.5) is 0 Å². The minimum absolute atomic E-state index is 0.0634. The Balaban J connectivity index is 3.79. The van der Waals surface area contributed by atoms with E-state index in [2.05, 4.69) is 0 Å². The van der Waals surface area contributed by atoms with Crippen LogP contribution in [0, 0.1) is 0 Å². The fraction of sp³-hybridized carbons (Fsp3) is 0.833. The van der Waals surface area contributed by atoms with Crippen LogP contribution in [0.5, 0.6) is 0 Å². The number of rotatable bonds is 5. The largest absolute Gasteiger partial charge is 0.396 e. The molecule has 0 aliphatic carbocycles. The van der Waals surface area contributed by atoms with Crippen molar-refractivity contribution in [1.29, 1.82) is 0 Å². The molecule has 66 valence electrons. The molecule has 0 aromatic rings. The molecule has 11 heavy (non-hydrogen) atoms. The highest BCUT2D eigenvalue weighted by atomic mass is 16.4. The minimum Gasteiger partial charge on any atom is -0.396 e. The van der Waals surface area contributed by atoms with Gasteiger partial charge in [-0.3, -0.25) is 0 Å². The summed E-state index contributed by atoms with van der Waals surface area (Å²) >= 11 is 0. The third-order valence-corrected chi connectivity index (χ3v) is 1.31. The van der Waals surface area contributed by atoms with Crippen molar-refractivity contribution in [3.63, 3.8) is 0 Å². The first-order chi connectivity index (χ1) is 5.13. The maximum absolute atomic E-state index is 9.87.